The minimum Gasteiger partial charge on any atom is -0.370 e. The first-order chi connectivity index (χ1) is 1.73. The normalized spacial score (nSPS) is 6.00. The molecule has 0 aromatic rings. The van der Waals surface area contributed by atoms with Gasteiger partial charge in [0.25, 0.3) is 0 Å². The average molecular weight is 60.1 g/mol. The van der Waals surface area contributed by atoms with Gasteiger partial charge in [-0.25, -0.2) is 0 Å². The van der Waals surface area contributed by atoms with Crippen molar-refractivity contribution in [2.45, 2.75) is 0 Å². The Morgan fingerprint density at radius 3 is 1.75 bits per heavy atom. The van der Waals surface area contributed by atoms with Gasteiger partial charge in [0.2, 0.25) is 0 Å². The Kier molecular flexibility index (Phi) is 0.581. The van der Waals surface area contributed by atoms with E-state index in [2.05, 4.69) is 11.5 Å². The molecule has 3 nitrogen and oxygen atoms in total. The monoisotopic (exact) mass is 60.1 g/mol. The average Bonchev–Trinajstić information content (AvgIpc) is 0.811. The van der Waals surface area contributed by atoms with Crippen molar-refractivity contribution in [2.75, 3.05) is 0 Å². The fraction of sp³-hybridized carbons (Fsp3) is 0. The van der Waals surface area contributed by atoms with E-state index >= 15 is 0 Å². The van der Waals surface area contributed by atoms with E-state index < -0.39 is 0 Å². The number of nitrogens with one attached hydrogen (secondary N) is 1. The van der Waals surface area contributed by atoms with Crippen LogP contribution in [0.5, 0.6) is 0 Å². The molecule has 1 radical (unpaired) electrons. The Morgan fingerprint density at radius 1 is 1.75 bits per heavy atom. The Bertz CT molecular complexity index is 29.9. The van der Waals surface area contributed by atoms with Gasteiger partial charge >= 0.3 is 0 Å². The van der Waals surface area contributed by atoms with Crippen LogP contribution in [0.2, 0.25) is 0 Å². The van der Waals surface area contributed by atoms with E-state index in [1.54, 1.807) is 0 Å². The maximum Gasteiger partial charge on any atom is 0.183 e. The molecule has 0 spiro atoms. The molecular formula is CH6N3. The van der Waals surface area contributed by atoms with Gasteiger partial charge < -0.3 is 11.5 Å². The summed E-state index contributed by atoms with van der Waals surface area (Å²) in [6.45, 7) is 0. The van der Waals surface area contributed by atoms with E-state index in [4.69, 9.17) is 5.41 Å². The van der Waals surface area contributed by atoms with Crippen LogP contribution in [0, 0.1) is 5.41 Å². The molecule has 25 valence electrons. The van der Waals surface area contributed by atoms with E-state index in [0.717, 1.165) is 0 Å². The SMILES string of the molecule is N=C(N)N.[H]. The van der Waals surface area contributed by atoms with Gasteiger partial charge in [0.15, 0.2) is 5.96 Å². The second kappa shape index (κ2) is 0.711. The topological polar surface area (TPSA) is 75.9 Å². The maximum atomic E-state index is 6.06. The molecule has 0 bridgehead atoms. The fourth-order valence-corrected chi connectivity index (χ4v) is 0. The third-order valence-corrected chi connectivity index (χ3v) is 0. The van der Waals surface area contributed by atoms with Gasteiger partial charge in [0, 0.05) is 1.43 Å². The van der Waals surface area contributed by atoms with Crippen LogP contribution in [0.25, 0.3) is 0 Å². The third-order valence-electron chi connectivity index (χ3n) is 0. The number of hydrogen-bond acceptors (Lipinski definition) is 1. The summed E-state index contributed by atoms with van der Waals surface area (Å²) in [5.74, 6) is -0.333. The quantitative estimate of drug-likeness (QED) is 0.246. The highest BCUT2D eigenvalue weighted by atomic mass is 14.9. The predicted octanol–water partition coefficient (Wildman–Crippen LogP) is -1.05. The second-order valence-electron chi connectivity index (χ2n) is 0.455. The summed E-state index contributed by atoms with van der Waals surface area (Å²) < 4.78 is 0. The predicted molar refractivity (Wildman–Crippen MR) is 17.2 cm³/mol. The standard InChI is InChI=1S/CH5N3.H/c2-1(3)4;/h(H5,2,3,4);. The summed E-state index contributed by atoms with van der Waals surface area (Å²) in [6, 6.07) is 0. The number of guanidine groups is 1. The molecule has 4 heavy (non-hydrogen) atoms. The van der Waals surface area contributed by atoms with Crippen LogP contribution >= 0.6 is 0 Å². The lowest BCUT2D eigenvalue weighted by atomic mass is 11.1. The molecule has 5 N–H and O–H groups in total. The molecule has 0 amide bonds. The van der Waals surface area contributed by atoms with Gasteiger partial charge in [0.1, 0.15) is 0 Å². The van der Waals surface area contributed by atoms with Crippen LogP contribution in [0.3, 0.4) is 0 Å². The van der Waals surface area contributed by atoms with Gasteiger partial charge in [-0.2, -0.15) is 0 Å². The molecule has 0 aromatic carbocycles. The van der Waals surface area contributed by atoms with Crippen molar-refractivity contribution in [3.05, 3.63) is 0 Å². The van der Waals surface area contributed by atoms with E-state index in [1.165, 1.54) is 0 Å². The zero-order valence-corrected chi connectivity index (χ0v) is 2.15. The van der Waals surface area contributed by atoms with Crippen LogP contribution in [0.15, 0.2) is 0 Å². The van der Waals surface area contributed by atoms with Crippen LogP contribution in [-0.4, -0.2) is 5.96 Å². The van der Waals surface area contributed by atoms with Crippen LogP contribution < -0.4 is 11.5 Å². The van der Waals surface area contributed by atoms with Crippen LogP contribution in [-0.2, 0) is 0 Å². The molecule has 0 fully saturated rings. The van der Waals surface area contributed by atoms with Gasteiger partial charge in [-0.3, -0.25) is 5.41 Å². The lowest BCUT2D eigenvalue weighted by Crippen LogP contribution is -2.20. The van der Waals surface area contributed by atoms with Gasteiger partial charge in [-0.15, -0.1) is 0 Å². The van der Waals surface area contributed by atoms with Crippen LogP contribution in [0.4, 0.5) is 0 Å². The summed E-state index contributed by atoms with van der Waals surface area (Å²) in [5.41, 5.74) is 8.94. The molecule has 0 aliphatic heterocycles. The summed E-state index contributed by atoms with van der Waals surface area (Å²) >= 11 is 0. The van der Waals surface area contributed by atoms with Crippen molar-refractivity contribution in [2.24, 2.45) is 11.5 Å². The van der Waals surface area contributed by atoms with Crippen molar-refractivity contribution >= 4 is 5.96 Å². The molecule has 0 saturated heterocycles. The minimum atomic E-state index is -0.333. The fourth-order valence-electron chi connectivity index (χ4n) is 0. The Hall–Kier alpha value is -0.730. The van der Waals surface area contributed by atoms with Crippen molar-refractivity contribution in [3.63, 3.8) is 0 Å². The smallest absolute Gasteiger partial charge is 0.183 e. The highest BCUT2D eigenvalue weighted by molar-refractivity contribution is 5.71. The van der Waals surface area contributed by atoms with Gasteiger partial charge in [0.05, 0.1) is 0 Å². The molecule has 0 saturated carbocycles. The summed E-state index contributed by atoms with van der Waals surface area (Å²) in [5, 5.41) is 6.06. The number of nitrogens with two attached hydrogens (primary N) is 2. The van der Waals surface area contributed by atoms with E-state index in [1.807, 2.05) is 0 Å². The van der Waals surface area contributed by atoms with E-state index in [0.29, 0.717) is 0 Å². The van der Waals surface area contributed by atoms with Gasteiger partial charge in [-0.05, 0) is 0 Å². The van der Waals surface area contributed by atoms with Crippen molar-refractivity contribution in [1.82, 2.24) is 0 Å². The lowest BCUT2D eigenvalue weighted by Gasteiger charge is -1.69. The maximum absolute atomic E-state index is 6.06. The highest BCUT2D eigenvalue weighted by Gasteiger charge is 1.52. The molecule has 0 atom stereocenters. The van der Waals surface area contributed by atoms with E-state index in [-0.39, 0.29) is 7.39 Å². The summed E-state index contributed by atoms with van der Waals surface area (Å²) in [4.78, 5) is 0. The van der Waals surface area contributed by atoms with Crippen molar-refractivity contribution in [3.8, 4) is 0 Å². The lowest BCUT2D eigenvalue weighted by molar-refractivity contribution is 1.39. The third kappa shape index (κ3) is 0.174. The molecule has 3 heteroatoms. The van der Waals surface area contributed by atoms with Crippen molar-refractivity contribution in [1.29, 1.82) is 5.41 Å². The number of rotatable bonds is 0. The Balaban J connectivity index is 0. The molecule has 0 aliphatic carbocycles. The van der Waals surface area contributed by atoms with Crippen LogP contribution in [0.1, 0.15) is 1.43 Å². The molecule has 0 aromatic heterocycles. The first-order valence-electron chi connectivity index (χ1n) is 0.827. The zero-order valence-electron chi connectivity index (χ0n) is 3.15. The Morgan fingerprint density at radius 2 is 1.75 bits per heavy atom. The first kappa shape index (κ1) is 3.27. The van der Waals surface area contributed by atoms with Gasteiger partial charge in [-0.1, -0.05) is 0 Å². The molecular weight excluding hydrogens is 54.0 g/mol. The molecule has 0 unspecified atom stereocenters. The number of hydrogen-bond donors (Lipinski definition) is 3. The largest absolute Gasteiger partial charge is 0.370 e. The second-order valence-corrected chi connectivity index (χ2v) is 0.455. The highest BCUT2D eigenvalue weighted by Crippen LogP contribution is 1.13. The summed E-state index contributed by atoms with van der Waals surface area (Å²) in [6.07, 6.45) is 0. The minimum absolute atomic E-state index is 0. The zero-order chi connectivity index (χ0) is 3.58. The molecule has 0 heterocycles. The Labute approximate surface area is 25.6 Å². The first-order valence-corrected chi connectivity index (χ1v) is 0.827. The molecule has 0 aliphatic rings. The summed E-state index contributed by atoms with van der Waals surface area (Å²) in [7, 11) is 0. The molecule has 0 rings (SSSR count). The van der Waals surface area contributed by atoms with Crippen molar-refractivity contribution < 1.29 is 1.43 Å². The van der Waals surface area contributed by atoms with E-state index in [9.17, 15) is 0 Å².